The van der Waals surface area contributed by atoms with Crippen molar-refractivity contribution in [3.8, 4) is 0 Å². The number of amides is 1. The Balaban J connectivity index is 1.49. The average Bonchev–Trinajstić information content (AvgIpc) is 3.24. The Morgan fingerprint density at radius 1 is 1.37 bits per heavy atom. The highest BCUT2D eigenvalue weighted by Crippen LogP contribution is 2.46. The van der Waals surface area contributed by atoms with Crippen molar-refractivity contribution in [2.24, 2.45) is 0 Å². The normalized spacial score (nSPS) is 14.6. The van der Waals surface area contributed by atoms with E-state index < -0.39 is 11.9 Å². The van der Waals surface area contributed by atoms with E-state index in [4.69, 9.17) is 0 Å². The second-order valence-corrected chi connectivity index (χ2v) is 7.57. The molecule has 148 valence electrons. The van der Waals surface area contributed by atoms with Gasteiger partial charge in [-0.3, -0.25) is 14.2 Å². The fourth-order valence-electron chi connectivity index (χ4n) is 2.91. The predicted molar refractivity (Wildman–Crippen MR) is 96.1 cm³/mol. The van der Waals surface area contributed by atoms with Crippen molar-refractivity contribution in [3.63, 3.8) is 0 Å². The maximum Gasteiger partial charge on any atom is 0.436 e. The number of nitrogens with zero attached hydrogens (tertiary/aromatic N) is 4. The molecule has 10 heteroatoms. The van der Waals surface area contributed by atoms with Crippen LogP contribution in [0.3, 0.4) is 0 Å². The second kappa shape index (κ2) is 8.04. The zero-order valence-corrected chi connectivity index (χ0v) is 16.5. The van der Waals surface area contributed by atoms with Gasteiger partial charge < -0.3 is 5.32 Å². The first-order valence-electron chi connectivity index (χ1n) is 8.85. The molecule has 1 aliphatic rings. The molecule has 6 nitrogen and oxygen atoms in total. The summed E-state index contributed by atoms with van der Waals surface area (Å²) < 4.78 is 42.4. The fraction of sp³-hybridized carbons (Fsp3) is 0.588. The smallest absolute Gasteiger partial charge is 0.356 e. The molecule has 0 atom stereocenters. The third kappa shape index (κ3) is 5.12. The lowest BCUT2D eigenvalue weighted by atomic mass is 10.2. The summed E-state index contributed by atoms with van der Waals surface area (Å²) in [5.41, 5.74) is 0.706. The van der Waals surface area contributed by atoms with Crippen molar-refractivity contribution in [1.82, 2.24) is 24.9 Å². The van der Waals surface area contributed by atoms with Gasteiger partial charge >= 0.3 is 6.18 Å². The molecule has 1 saturated carbocycles. The molecular weight excluding hydrogens is 427 g/mol. The summed E-state index contributed by atoms with van der Waals surface area (Å²) in [7, 11) is 0. The summed E-state index contributed by atoms with van der Waals surface area (Å²) in [6.45, 7) is 3.27. The van der Waals surface area contributed by atoms with E-state index in [0.29, 0.717) is 18.8 Å². The van der Waals surface area contributed by atoms with E-state index in [0.717, 1.165) is 24.8 Å². The van der Waals surface area contributed by atoms with Crippen LogP contribution in [0.5, 0.6) is 0 Å². The molecule has 2 aromatic rings. The number of aromatic nitrogens is 4. The Labute approximate surface area is 163 Å². The summed E-state index contributed by atoms with van der Waals surface area (Å²) in [4.78, 5) is 12.0. The molecule has 0 aromatic carbocycles. The number of hydrogen-bond donors (Lipinski definition) is 1. The Kier molecular flexibility index (Phi) is 5.92. The van der Waals surface area contributed by atoms with Crippen molar-refractivity contribution in [1.29, 1.82) is 0 Å². The Morgan fingerprint density at radius 3 is 2.70 bits per heavy atom. The summed E-state index contributed by atoms with van der Waals surface area (Å²) in [5, 5.41) is 10.7. The molecule has 1 amide bonds. The molecule has 3 rings (SSSR count). The molecule has 0 radical (unpaired) electrons. The standard InChI is InChI=1S/C17H21BrF3N5O/c1-11-9-23-25(10-11)7-2-6-22-13(27)5-8-26-15(12-3-4-12)14(18)16(24-26)17(19,20)21/h9-10,12H,2-8H2,1H3,(H,22,27). The van der Waals surface area contributed by atoms with Gasteiger partial charge in [-0.25, -0.2) is 0 Å². The summed E-state index contributed by atoms with van der Waals surface area (Å²) in [5.74, 6) is -0.114. The van der Waals surface area contributed by atoms with Crippen molar-refractivity contribution in [3.05, 3.63) is 33.8 Å². The minimum atomic E-state index is -4.51. The van der Waals surface area contributed by atoms with Crippen LogP contribution in [0.1, 0.15) is 48.6 Å². The lowest BCUT2D eigenvalue weighted by Crippen LogP contribution is -2.26. The van der Waals surface area contributed by atoms with E-state index in [2.05, 4.69) is 31.4 Å². The number of halogens is 4. The number of carbonyl (C=O) groups excluding carboxylic acids is 1. The molecular formula is C17H21BrF3N5O. The maximum absolute atomic E-state index is 13.1. The van der Waals surface area contributed by atoms with Gasteiger partial charge in [-0.05, 0) is 47.7 Å². The van der Waals surface area contributed by atoms with E-state index in [1.54, 1.807) is 6.20 Å². The minimum Gasteiger partial charge on any atom is -0.356 e. The number of nitrogens with one attached hydrogen (secondary N) is 1. The largest absolute Gasteiger partial charge is 0.436 e. The SMILES string of the molecule is Cc1cnn(CCCNC(=O)CCn2nc(C(F)(F)F)c(Br)c2C2CC2)c1. The van der Waals surface area contributed by atoms with Crippen LogP contribution >= 0.6 is 15.9 Å². The molecule has 0 bridgehead atoms. The molecule has 0 spiro atoms. The average molecular weight is 448 g/mol. The molecule has 27 heavy (non-hydrogen) atoms. The Hall–Kier alpha value is -1.84. The zero-order valence-electron chi connectivity index (χ0n) is 14.9. The topological polar surface area (TPSA) is 64.7 Å². The molecule has 1 N–H and O–H groups in total. The zero-order chi connectivity index (χ0) is 19.6. The predicted octanol–water partition coefficient (Wildman–Crippen LogP) is 3.64. The van der Waals surface area contributed by atoms with Gasteiger partial charge in [0.25, 0.3) is 0 Å². The lowest BCUT2D eigenvalue weighted by Gasteiger charge is -2.08. The monoisotopic (exact) mass is 447 g/mol. The molecule has 2 heterocycles. The Bertz CT molecular complexity index is 810. The van der Waals surface area contributed by atoms with Crippen LogP contribution in [0.15, 0.2) is 16.9 Å². The number of carbonyl (C=O) groups is 1. The lowest BCUT2D eigenvalue weighted by molar-refractivity contribution is -0.142. The van der Waals surface area contributed by atoms with Gasteiger partial charge in [0, 0.05) is 31.6 Å². The molecule has 1 fully saturated rings. The number of aryl methyl sites for hydroxylation is 3. The van der Waals surface area contributed by atoms with E-state index in [1.807, 2.05) is 17.8 Å². The first-order valence-corrected chi connectivity index (χ1v) is 9.64. The van der Waals surface area contributed by atoms with Crippen LogP contribution in [0.4, 0.5) is 13.2 Å². The minimum absolute atomic E-state index is 0.00687. The first-order chi connectivity index (χ1) is 12.8. The maximum atomic E-state index is 13.1. The van der Waals surface area contributed by atoms with Crippen molar-refractivity contribution < 1.29 is 18.0 Å². The van der Waals surface area contributed by atoms with Crippen molar-refractivity contribution in [2.75, 3.05) is 6.54 Å². The number of rotatable bonds is 8. The summed E-state index contributed by atoms with van der Waals surface area (Å²) >= 11 is 3.05. The summed E-state index contributed by atoms with van der Waals surface area (Å²) in [6.07, 6.45) is 1.70. The van der Waals surface area contributed by atoms with E-state index in [-0.39, 0.29) is 29.3 Å². The van der Waals surface area contributed by atoms with E-state index in [9.17, 15) is 18.0 Å². The van der Waals surface area contributed by atoms with Crippen LogP contribution < -0.4 is 5.32 Å². The van der Waals surface area contributed by atoms with Gasteiger partial charge in [0.05, 0.1) is 22.9 Å². The third-order valence-corrected chi connectivity index (χ3v) is 5.15. The first kappa shape index (κ1) is 19.9. The number of hydrogen-bond acceptors (Lipinski definition) is 3. The second-order valence-electron chi connectivity index (χ2n) is 6.78. The van der Waals surface area contributed by atoms with E-state index >= 15 is 0 Å². The molecule has 2 aromatic heterocycles. The van der Waals surface area contributed by atoms with Gasteiger partial charge in [0.1, 0.15) is 0 Å². The highest BCUT2D eigenvalue weighted by molar-refractivity contribution is 9.10. The highest BCUT2D eigenvalue weighted by Gasteiger charge is 2.41. The quantitative estimate of drug-likeness (QED) is 0.628. The van der Waals surface area contributed by atoms with Crippen molar-refractivity contribution >= 4 is 21.8 Å². The van der Waals surface area contributed by atoms with Crippen LogP contribution in [0.2, 0.25) is 0 Å². The van der Waals surface area contributed by atoms with E-state index in [1.165, 1.54) is 4.68 Å². The highest BCUT2D eigenvalue weighted by atomic mass is 79.9. The number of alkyl halides is 3. The van der Waals surface area contributed by atoms with Gasteiger partial charge in [-0.15, -0.1) is 0 Å². The fourth-order valence-corrected chi connectivity index (χ4v) is 3.74. The van der Waals surface area contributed by atoms with Gasteiger partial charge in [0.15, 0.2) is 5.69 Å². The van der Waals surface area contributed by atoms with Gasteiger partial charge in [-0.1, -0.05) is 0 Å². The molecule has 0 saturated heterocycles. The van der Waals surface area contributed by atoms with Crippen LogP contribution in [-0.4, -0.2) is 32.0 Å². The molecule has 1 aliphatic carbocycles. The molecule has 0 unspecified atom stereocenters. The molecule has 0 aliphatic heterocycles. The van der Waals surface area contributed by atoms with Crippen LogP contribution in [-0.2, 0) is 24.1 Å². The van der Waals surface area contributed by atoms with Gasteiger partial charge in [0.2, 0.25) is 5.91 Å². The van der Waals surface area contributed by atoms with Crippen molar-refractivity contribution in [2.45, 2.75) is 57.8 Å². The van der Waals surface area contributed by atoms with Crippen LogP contribution in [0, 0.1) is 6.92 Å². The summed E-state index contributed by atoms with van der Waals surface area (Å²) in [6, 6.07) is 0. The van der Waals surface area contributed by atoms with Gasteiger partial charge in [-0.2, -0.15) is 23.4 Å². The van der Waals surface area contributed by atoms with Crippen LogP contribution in [0.25, 0.3) is 0 Å². The Morgan fingerprint density at radius 2 is 2.11 bits per heavy atom. The third-order valence-electron chi connectivity index (χ3n) is 4.36.